The van der Waals surface area contributed by atoms with Gasteiger partial charge in [0.25, 0.3) is 0 Å². The first kappa shape index (κ1) is 20.3. The van der Waals surface area contributed by atoms with Crippen LogP contribution in [-0.4, -0.2) is 60.6 Å². The molecule has 3 atom stereocenters. The van der Waals surface area contributed by atoms with Crippen LogP contribution in [0.5, 0.6) is 0 Å². The molecule has 4 rings (SSSR count). The van der Waals surface area contributed by atoms with Gasteiger partial charge in [-0.3, -0.25) is 15.2 Å². The Morgan fingerprint density at radius 2 is 2.00 bits per heavy atom. The van der Waals surface area contributed by atoms with E-state index in [1.165, 1.54) is 6.26 Å². The van der Waals surface area contributed by atoms with E-state index in [4.69, 9.17) is 5.41 Å². The van der Waals surface area contributed by atoms with E-state index in [9.17, 15) is 13.2 Å². The van der Waals surface area contributed by atoms with Crippen molar-refractivity contribution < 1.29 is 13.2 Å². The summed E-state index contributed by atoms with van der Waals surface area (Å²) in [7, 11) is -2.97. The molecule has 1 aromatic rings. The summed E-state index contributed by atoms with van der Waals surface area (Å²) in [4.78, 5) is 16.8. The van der Waals surface area contributed by atoms with Crippen LogP contribution >= 0.6 is 0 Å². The number of anilines is 1. The van der Waals surface area contributed by atoms with E-state index in [0.717, 1.165) is 50.0 Å². The van der Waals surface area contributed by atoms with Crippen molar-refractivity contribution in [3.63, 3.8) is 0 Å². The molecule has 0 aromatic carbocycles. The molecule has 1 aliphatic carbocycles. The Morgan fingerprint density at radius 1 is 1.28 bits per heavy atom. The van der Waals surface area contributed by atoms with Gasteiger partial charge >= 0.3 is 0 Å². The molecule has 1 aromatic heterocycles. The van der Waals surface area contributed by atoms with Crippen LogP contribution in [0.15, 0.2) is 11.2 Å². The monoisotopic (exact) mass is 419 g/mol. The first-order valence-corrected chi connectivity index (χ1v) is 12.4. The normalized spacial score (nSPS) is 32.1. The number of hydrogen-bond donors (Lipinski definition) is 2. The second kappa shape index (κ2) is 7.66. The summed E-state index contributed by atoms with van der Waals surface area (Å²) >= 11 is 0. The summed E-state index contributed by atoms with van der Waals surface area (Å²) in [6, 6.07) is -0.152. The summed E-state index contributed by atoms with van der Waals surface area (Å²) in [6.07, 6.45) is 9.39. The lowest BCUT2D eigenvalue weighted by Crippen LogP contribution is -2.51. The third-order valence-electron chi connectivity index (χ3n) is 6.61. The highest BCUT2D eigenvalue weighted by Gasteiger charge is 2.43. The number of carbonyl (C=O) groups excluding carboxylic acids is 1. The number of hydrogen-bond acceptors (Lipinski definition) is 7. The van der Waals surface area contributed by atoms with E-state index in [2.05, 4.69) is 15.4 Å². The number of nitrogens with one attached hydrogen (secondary N) is 2. The number of nitrogens with zero attached hydrogens (tertiary/aromatic N) is 3. The van der Waals surface area contributed by atoms with Crippen LogP contribution in [0, 0.1) is 23.2 Å². The van der Waals surface area contributed by atoms with Crippen molar-refractivity contribution in [2.75, 3.05) is 23.9 Å². The molecule has 3 aliphatic rings. The zero-order valence-corrected chi connectivity index (χ0v) is 17.8. The average molecular weight is 420 g/mol. The molecular weight excluding hydrogens is 390 g/mol. The maximum absolute atomic E-state index is 12.5. The molecule has 2 aliphatic heterocycles. The molecule has 0 spiro atoms. The molecule has 9 heteroatoms. The summed E-state index contributed by atoms with van der Waals surface area (Å²) in [5.74, 6) is 1.33. The molecule has 0 radical (unpaired) electrons. The molecule has 3 unspecified atom stereocenters. The first-order chi connectivity index (χ1) is 13.7. The van der Waals surface area contributed by atoms with Crippen LogP contribution in [0.1, 0.15) is 50.5 Å². The lowest BCUT2D eigenvalue weighted by Gasteiger charge is -2.41. The van der Waals surface area contributed by atoms with Crippen molar-refractivity contribution in [3.05, 3.63) is 11.8 Å². The summed E-state index contributed by atoms with van der Waals surface area (Å²) < 4.78 is 24.8. The third-order valence-corrected chi connectivity index (χ3v) is 7.69. The van der Waals surface area contributed by atoms with Crippen LogP contribution in [0.25, 0.3) is 0 Å². The van der Waals surface area contributed by atoms with Gasteiger partial charge in [0.2, 0.25) is 0 Å². The maximum atomic E-state index is 12.5. The molecule has 158 valence electrons. The van der Waals surface area contributed by atoms with Crippen LogP contribution in [0.2, 0.25) is 0 Å². The van der Waals surface area contributed by atoms with Gasteiger partial charge in [-0.15, -0.1) is 0 Å². The number of ketones is 1. The van der Waals surface area contributed by atoms with Crippen LogP contribution in [-0.2, 0) is 14.6 Å². The Morgan fingerprint density at radius 3 is 2.59 bits per heavy atom. The van der Waals surface area contributed by atoms with Crippen molar-refractivity contribution in [1.29, 1.82) is 5.41 Å². The fourth-order valence-electron chi connectivity index (χ4n) is 5.21. The maximum Gasteiger partial charge on any atom is 0.147 e. The predicted molar refractivity (Wildman–Crippen MR) is 113 cm³/mol. The zero-order valence-electron chi connectivity index (χ0n) is 17.0. The largest absolute Gasteiger partial charge is 0.365 e. The molecule has 29 heavy (non-hydrogen) atoms. The SMILES string of the molecule is CC(=O)C1C(=N)n2ncc(C3C=NCC3)c2NC1C1CCC(CS(C)(=O)=O)CC1. The van der Waals surface area contributed by atoms with Gasteiger partial charge in [0.1, 0.15) is 27.3 Å². The Hall–Kier alpha value is -2.03. The van der Waals surface area contributed by atoms with E-state index >= 15 is 0 Å². The number of sulfone groups is 1. The van der Waals surface area contributed by atoms with E-state index in [0.29, 0.717) is 0 Å². The smallest absolute Gasteiger partial charge is 0.147 e. The lowest BCUT2D eigenvalue weighted by molar-refractivity contribution is -0.119. The number of fused-ring (bicyclic) bond motifs is 1. The van der Waals surface area contributed by atoms with E-state index in [1.807, 2.05) is 6.21 Å². The van der Waals surface area contributed by atoms with Crippen LogP contribution in [0.4, 0.5) is 5.82 Å². The zero-order chi connectivity index (χ0) is 20.8. The summed E-state index contributed by atoms with van der Waals surface area (Å²) in [5.41, 5.74) is 1.04. The van der Waals surface area contributed by atoms with Crippen molar-refractivity contribution in [3.8, 4) is 0 Å². The topological polar surface area (TPSA) is 117 Å². The molecule has 8 nitrogen and oxygen atoms in total. The highest BCUT2D eigenvalue weighted by atomic mass is 32.2. The molecular formula is C20H29N5O3S. The number of aliphatic imine (C=N–C) groups is 1. The third kappa shape index (κ3) is 4.01. The highest BCUT2D eigenvalue weighted by molar-refractivity contribution is 7.90. The van der Waals surface area contributed by atoms with Gasteiger partial charge in [-0.05, 0) is 50.9 Å². The minimum Gasteiger partial charge on any atom is -0.365 e. The summed E-state index contributed by atoms with van der Waals surface area (Å²) in [6.45, 7) is 2.35. The van der Waals surface area contributed by atoms with Gasteiger partial charge in [-0.2, -0.15) is 5.10 Å². The Labute approximate surface area is 171 Å². The Balaban J connectivity index is 1.57. The fraction of sp³-hybridized carbons (Fsp3) is 0.700. The van der Waals surface area contributed by atoms with E-state index in [-0.39, 0.29) is 41.2 Å². The molecule has 1 saturated carbocycles. The molecule has 1 fully saturated rings. The lowest BCUT2D eigenvalue weighted by atomic mass is 9.73. The molecule has 3 heterocycles. The summed E-state index contributed by atoms with van der Waals surface area (Å²) in [5, 5.41) is 16.6. The first-order valence-electron chi connectivity index (χ1n) is 10.4. The van der Waals surface area contributed by atoms with E-state index in [1.54, 1.807) is 17.8 Å². The minimum absolute atomic E-state index is 0.0316. The molecule has 0 amide bonds. The van der Waals surface area contributed by atoms with Crippen molar-refractivity contribution in [1.82, 2.24) is 9.78 Å². The van der Waals surface area contributed by atoms with Crippen molar-refractivity contribution in [2.24, 2.45) is 22.7 Å². The van der Waals surface area contributed by atoms with Gasteiger partial charge in [-0.25, -0.2) is 13.1 Å². The van der Waals surface area contributed by atoms with Crippen LogP contribution < -0.4 is 5.32 Å². The van der Waals surface area contributed by atoms with Gasteiger partial charge in [-0.1, -0.05) is 0 Å². The van der Waals surface area contributed by atoms with Gasteiger partial charge < -0.3 is 5.32 Å². The number of carbonyl (C=O) groups is 1. The van der Waals surface area contributed by atoms with Gasteiger partial charge in [0.05, 0.1) is 17.9 Å². The Bertz CT molecular complexity index is 943. The van der Waals surface area contributed by atoms with Gasteiger partial charge in [0, 0.05) is 36.5 Å². The number of Topliss-reactive ketones (excluding diaryl/α,β-unsaturated/α-hetero) is 1. The van der Waals surface area contributed by atoms with Crippen molar-refractivity contribution >= 4 is 33.5 Å². The number of aromatic nitrogens is 2. The minimum atomic E-state index is -2.97. The van der Waals surface area contributed by atoms with E-state index < -0.39 is 15.8 Å². The second-order valence-corrected chi connectivity index (χ2v) is 11.0. The highest BCUT2D eigenvalue weighted by Crippen LogP contribution is 2.40. The molecule has 0 saturated heterocycles. The predicted octanol–water partition coefficient (Wildman–Crippen LogP) is 2.12. The quantitative estimate of drug-likeness (QED) is 0.758. The Kier molecular flexibility index (Phi) is 5.35. The second-order valence-electron chi connectivity index (χ2n) is 8.83. The molecule has 0 bridgehead atoms. The van der Waals surface area contributed by atoms with Crippen LogP contribution in [0.3, 0.4) is 0 Å². The average Bonchev–Trinajstić information content (AvgIpc) is 3.29. The fourth-order valence-corrected chi connectivity index (χ4v) is 6.40. The standard InChI is InChI=1S/C20H29N5O3S/c1-12(26)17-18(14-5-3-13(4-6-14)11-29(2,27)28)24-20-16(15-7-8-22-9-15)10-23-25(20)19(17)21/h9-10,13-15,17-18,21,24H,3-8,11H2,1-2H3. The molecule has 2 N–H and O–H groups in total. The number of rotatable bonds is 5. The van der Waals surface area contributed by atoms with Crippen molar-refractivity contribution in [2.45, 2.75) is 51.0 Å². The van der Waals surface area contributed by atoms with Gasteiger partial charge in [0.15, 0.2) is 0 Å².